The van der Waals surface area contributed by atoms with Crippen LogP contribution in [0.2, 0.25) is 0 Å². The molecule has 0 spiro atoms. The molecule has 0 aliphatic carbocycles. The van der Waals surface area contributed by atoms with E-state index in [2.05, 4.69) is 10.2 Å². The first kappa shape index (κ1) is 16.3. The van der Waals surface area contributed by atoms with Gasteiger partial charge >= 0.3 is 6.18 Å². The highest BCUT2D eigenvalue weighted by Crippen LogP contribution is 2.30. The van der Waals surface area contributed by atoms with Crippen molar-refractivity contribution in [3.05, 3.63) is 45.8 Å². The molecule has 1 rings (SSSR count). The highest BCUT2D eigenvalue weighted by molar-refractivity contribution is 5.93. The van der Waals surface area contributed by atoms with Crippen LogP contribution in [0.15, 0.2) is 46.0 Å². The highest BCUT2D eigenvalue weighted by atomic mass is 19.4. The Morgan fingerprint density at radius 1 is 1.33 bits per heavy atom. The fraction of sp³-hybridized carbons (Fsp3) is 0.182. The predicted octanol–water partition coefficient (Wildman–Crippen LogP) is 3.60. The number of para-hydroxylation sites is 1. The molecule has 0 radical (unpaired) electrons. The number of hydrogen-bond donors (Lipinski definition) is 1. The zero-order valence-electron chi connectivity index (χ0n) is 10.5. The number of nitrogens with zero attached hydrogens (tertiary/aromatic N) is 3. The van der Waals surface area contributed by atoms with Crippen LogP contribution in [-0.4, -0.2) is 22.0 Å². The Bertz CT molecular complexity index is 638. The minimum atomic E-state index is -5.18. The van der Waals surface area contributed by atoms with E-state index in [1.54, 1.807) is 0 Å². The number of alkyl halides is 3. The molecule has 0 saturated carbocycles. The van der Waals surface area contributed by atoms with Crippen LogP contribution in [0.3, 0.4) is 0 Å². The normalized spacial score (nSPS) is 13.1. The molecule has 0 aliphatic rings. The van der Waals surface area contributed by atoms with Crippen LogP contribution >= 0.6 is 0 Å². The average Bonchev–Trinajstić information content (AvgIpc) is 2.37. The molecule has 0 heterocycles. The van der Waals surface area contributed by atoms with Crippen LogP contribution in [0.5, 0.6) is 0 Å². The van der Waals surface area contributed by atoms with Crippen molar-refractivity contribution in [3.8, 4) is 0 Å². The van der Waals surface area contributed by atoms with Crippen LogP contribution in [0.25, 0.3) is 0 Å². The second kappa shape index (κ2) is 6.11. The molecule has 1 aromatic carbocycles. The van der Waals surface area contributed by atoms with Gasteiger partial charge in [-0.15, -0.1) is 10.2 Å². The standard InChI is InChI=1S/C11H8F3N3O4/c1-6(18)9(10(19)11(12,13)14)16-15-7-4-2-3-5-8(7)17(20)21/h2-5,19H,1H3/b10-9+,16-15?. The van der Waals surface area contributed by atoms with Gasteiger partial charge in [-0.05, 0) is 6.07 Å². The van der Waals surface area contributed by atoms with Crippen molar-refractivity contribution in [1.29, 1.82) is 0 Å². The number of rotatable bonds is 4. The largest absolute Gasteiger partial charge is 0.503 e. The molecule has 7 nitrogen and oxygen atoms in total. The number of hydrogen-bond acceptors (Lipinski definition) is 6. The lowest BCUT2D eigenvalue weighted by atomic mass is 10.2. The molecule has 112 valence electrons. The minimum Gasteiger partial charge on any atom is -0.503 e. The van der Waals surface area contributed by atoms with Gasteiger partial charge in [0, 0.05) is 13.0 Å². The van der Waals surface area contributed by atoms with E-state index in [0.29, 0.717) is 0 Å². The molecule has 0 fully saturated rings. The van der Waals surface area contributed by atoms with Gasteiger partial charge in [-0.3, -0.25) is 14.9 Å². The van der Waals surface area contributed by atoms with Crippen molar-refractivity contribution in [1.82, 2.24) is 0 Å². The Hall–Kier alpha value is -2.78. The molecule has 10 heteroatoms. The average molecular weight is 303 g/mol. The molecular formula is C11H8F3N3O4. The molecule has 0 bridgehead atoms. The Balaban J connectivity index is 3.30. The number of benzene rings is 1. The molecule has 0 atom stereocenters. The summed E-state index contributed by atoms with van der Waals surface area (Å²) in [6, 6.07) is 4.87. The number of Topliss-reactive ketones (excluding diaryl/α,β-unsaturated/α-hetero) is 1. The number of aliphatic hydroxyl groups excluding tert-OH is 1. The molecule has 0 aromatic heterocycles. The number of ketones is 1. The zero-order valence-corrected chi connectivity index (χ0v) is 10.5. The third-order valence-corrected chi connectivity index (χ3v) is 2.16. The van der Waals surface area contributed by atoms with Crippen molar-refractivity contribution in [3.63, 3.8) is 0 Å². The Labute approximate surface area is 115 Å². The SMILES string of the molecule is CC(=O)/C(N=Nc1ccccc1[N+](=O)[O-])=C(\O)C(F)(F)F. The summed E-state index contributed by atoms with van der Waals surface area (Å²) in [5.74, 6) is -3.40. The molecule has 21 heavy (non-hydrogen) atoms. The second-order valence-electron chi connectivity index (χ2n) is 3.70. The first-order valence-electron chi connectivity index (χ1n) is 5.31. The Morgan fingerprint density at radius 2 is 1.90 bits per heavy atom. The summed E-state index contributed by atoms with van der Waals surface area (Å²) in [5, 5.41) is 25.8. The van der Waals surface area contributed by atoms with Crippen LogP contribution in [0.1, 0.15) is 6.92 Å². The highest BCUT2D eigenvalue weighted by Gasteiger charge is 2.38. The van der Waals surface area contributed by atoms with Crippen LogP contribution in [0.4, 0.5) is 24.5 Å². The van der Waals surface area contributed by atoms with Crippen LogP contribution < -0.4 is 0 Å². The second-order valence-corrected chi connectivity index (χ2v) is 3.70. The minimum absolute atomic E-state index is 0.351. The number of nitro benzene ring substituents is 1. The van der Waals surface area contributed by atoms with Crippen LogP contribution in [-0.2, 0) is 4.79 Å². The van der Waals surface area contributed by atoms with E-state index < -0.39 is 34.0 Å². The summed E-state index contributed by atoms with van der Waals surface area (Å²) >= 11 is 0. The van der Waals surface area contributed by atoms with Crippen molar-refractivity contribution in [2.24, 2.45) is 10.2 Å². The van der Waals surface area contributed by atoms with E-state index in [1.165, 1.54) is 12.1 Å². The van der Waals surface area contributed by atoms with E-state index in [4.69, 9.17) is 5.11 Å². The molecule has 0 saturated heterocycles. The third-order valence-electron chi connectivity index (χ3n) is 2.16. The monoisotopic (exact) mass is 303 g/mol. The maximum Gasteiger partial charge on any atom is 0.451 e. The summed E-state index contributed by atoms with van der Waals surface area (Å²) in [5.41, 5.74) is -2.19. The van der Waals surface area contributed by atoms with Gasteiger partial charge in [0.05, 0.1) is 4.92 Å². The number of carbonyl (C=O) groups excluding carboxylic acids is 1. The van der Waals surface area contributed by atoms with Gasteiger partial charge in [0.2, 0.25) is 5.76 Å². The topological polar surface area (TPSA) is 105 Å². The summed E-state index contributed by atoms with van der Waals surface area (Å²) < 4.78 is 37.0. The Kier molecular flexibility index (Phi) is 4.74. The number of carbonyl (C=O) groups is 1. The Morgan fingerprint density at radius 3 is 2.38 bits per heavy atom. The lowest BCUT2D eigenvalue weighted by Crippen LogP contribution is -2.16. The van der Waals surface area contributed by atoms with Gasteiger partial charge in [-0.1, -0.05) is 12.1 Å². The molecular weight excluding hydrogens is 295 g/mol. The molecule has 0 aliphatic heterocycles. The maximum atomic E-state index is 12.3. The van der Waals surface area contributed by atoms with E-state index in [1.807, 2.05) is 0 Å². The fourth-order valence-electron chi connectivity index (χ4n) is 1.23. The number of aliphatic hydroxyl groups is 1. The van der Waals surface area contributed by atoms with Crippen molar-refractivity contribution in [2.45, 2.75) is 13.1 Å². The van der Waals surface area contributed by atoms with Crippen molar-refractivity contribution in [2.75, 3.05) is 0 Å². The number of halogens is 3. The number of allylic oxidation sites excluding steroid dienone is 2. The number of nitro groups is 1. The van der Waals surface area contributed by atoms with Gasteiger partial charge in [0.25, 0.3) is 5.69 Å². The van der Waals surface area contributed by atoms with Gasteiger partial charge in [0.15, 0.2) is 17.2 Å². The van der Waals surface area contributed by atoms with E-state index in [9.17, 15) is 28.1 Å². The smallest absolute Gasteiger partial charge is 0.451 e. The molecule has 0 unspecified atom stereocenters. The zero-order chi connectivity index (χ0) is 16.2. The summed E-state index contributed by atoms with van der Waals surface area (Å²) in [4.78, 5) is 20.9. The van der Waals surface area contributed by atoms with E-state index in [-0.39, 0.29) is 5.69 Å². The van der Waals surface area contributed by atoms with Gasteiger partial charge in [0.1, 0.15) is 0 Å². The summed E-state index contributed by atoms with van der Waals surface area (Å²) in [7, 11) is 0. The van der Waals surface area contributed by atoms with E-state index in [0.717, 1.165) is 19.1 Å². The molecule has 0 amide bonds. The first-order chi connectivity index (χ1) is 9.64. The van der Waals surface area contributed by atoms with Gasteiger partial charge < -0.3 is 5.11 Å². The third kappa shape index (κ3) is 4.09. The summed E-state index contributed by atoms with van der Waals surface area (Å²) in [6.07, 6.45) is -5.18. The quantitative estimate of drug-likeness (QED) is 0.301. The lowest BCUT2D eigenvalue weighted by Gasteiger charge is -2.06. The van der Waals surface area contributed by atoms with Gasteiger partial charge in [-0.2, -0.15) is 13.2 Å². The van der Waals surface area contributed by atoms with Crippen LogP contribution in [0, 0.1) is 10.1 Å². The predicted molar refractivity (Wildman–Crippen MR) is 64.0 cm³/mol. The van der Waals surface area contributed by atoms with Crippen molar-refractivity contribution < 1.29 is 28.0 Å². The van der Waals surface area contributed by atoms with Gasteiger partial charge in [-0.25, -0.2) is 0 Å². The summed E-state index contributed by atoms with van der Waals surface area (Å²) in [6.45, 7) is 0.746. The molecule has 1 aromatic rings. The number of azo groups is 1. The molecule has 1 N–H and O–H groups in total. The van der Waals surface area contributed by atoms with Crippen molar-refractivity contribution >= 4 is 17.2 Å². The first-order valence-corrected chi connectivity index (χ1v) is 5.31. The van der Waals surface area contributed by atoms with E-state index >= 15 is 0 Å². The fourth-order valence-corrected chi connectivity index (χ4v) is 1.23. The maximum absolute atomic E-state index is 12.3. The lowest BCUT2D eigenvalue weighted by molar-refractivity contribution is -0.384.